The highest BCUT2D eigenvalue weighted by Crippen LogP contribution is 2.30. The Morgan fingerprint density at radius 2 is 1.71 bits per heavy atom. The molecule has 0 aromatic heterocycles. The highest BCUT2D eigenvalue weighted by atomic mass is 19.3. The van der Waals surface area contributed by atoms with Gasteiger partial charge in [-0.1, -0.05) is 12.1 Å². The second-order valence-corrected chi connectivity index (χ2v) is 5.91. The molecule has 8 heteroatoms. The summed E-state index contributed by atoms with van der Waals surface area (Å²) in [6, 6.07) is 11.0. The van der Waals surface area contributed by atoms with E-state index in [9.17, 15) is 18.4 Å². The van der Waals surface area contributed by atoms with E-state index in [0.29, 0.717) is 12.1 Å². The maximum absolute atomic E-state index is 12.7. The molecular formula is C20H22F2N2O4. The molecule has 0 fully saturated rings. The minimum absolute atomic E-state index is 0.0805. The Morgan fingerprint density at radius 3 is 2.29 bits per heavy atom. The van der Waals surface area contributed by atoms with Crippen molar-refractivity contribution in [2.75, 3.05) is 20.7 Å². The average Bonchev–Trinajstić information content (AvgIpc) is 2.68. The lowest BCUT2D eigenvalue weighted by atomic mass is 10.1. The fourth-order valence-electron chi connectivity index (χ4n) is 2.57. The van der Waals surface area contributed by atoms with Gasteiger partial charge in [0.25, 0.3) is 11.8 Å². The molecule has 0 unspecified atom stereocenters. The first-order chi connectivity index (χ1) is 13.3. The maximum Gasteiger partial charge on any atom is 0.387 e. The number of ether oxygens (including phenoxy) is 2. The molecule has 0 aliphatic carbocycles. The van der Waals surface area contributed by atoms with Crippen molar-refractivity contribution in [1.82, 2.24) is 10.2 Å². The van der Waals surface area contributed by atoms with Gasteiger partial charge in [-0.2, -0.15) is 8.78 Å². The van der Waals surface area contributed by atoms with Crippen LogP contribution in [0.5, 0.6) is 11.5 Å². The van der Waals surface area contributed by atoms with E-state index in [1.807, 2.05) is 0 Å². The molecule has 0 aliphatic rings. The number of nitrogens with one attached hydrogen (secondary N) is 1. The van der Waals surface area contributed by atoms with Crippen molar-refractivity contribution in [3.05, 3.63) is 59.2 Å². The SMILES string of the molecule is CCOc1cc(C(=O)N(C)Cc2ccc(C(=O)NC)cc2)ccc1OC(F)F. The van der Waals surface area contributed by atoms with Crippen molar-refractivity contribution in [3.8, 4) is 11.5 Å². The van der Waals surface area contributed by atoms with Crippen LogP contribution in [0, 0.1) is 0 Å². The van der Waals surface area contributed by atoms with Crippen molar-refractivity contribution >= 4 is 11.8 Å². The van der Waals surface area contributed by atoms with Crippen LogP contribution >= 0.6 is 0 Å². The van der Waals surface area contributed by atoms with Crippen molar-refractivity contribution in [2.24, 2.45) is 0 Å². The van der Waals surface area contributed by atoms with Gasteiger partial charge in [-0.25, -0.2) is 0 Å². The lowest BCUT2D eigenvalue weighted by molar-refractivity contribution is -0.0514. The molecule has 0 saturated heterocycles. The van der Waals surface area contributed by atoms with Crippen LogP contribution in [0.4, 0.5) is 8.78 Å². The van der Waals surface area contributed by atoms with Crippen LogP contribution in [0.25, 0.3) is 0 Å². The van der Waals surface area contributed by atoms with E-state index in [2.05, 4.69) is 10.1 Å². The monoisotopic (exact) mass is 392 g/mol. The molecule has 0 radical (unpaired) electrons. The molecule has 0 heterocycles. The van der Waals surface area contributed by atoms with E-state index < -0.39 is 6.61 Å². The van der Waals surface area contributed by atoms with E-state index in [4.69, 9.17) is 4.74 Å². The van der Waals surface area contributed by atoms with Gasteiger partial charge in [0.15, 0.2) is 11.5 Å². The highest BCUT2D eigenvalue weighted by Gasteiger charge is 2.17. The summed E-state index contributed by atoms with van der Waals surface area (Å²) < 4.78 is 34.7. The first-order valence-corrected chi connectivity index (χ1v) is 8.63. The topological polar surface area (TPSA) is 67.9 Å². The molecule has 1 N–H and O–H groups in total. The molecule has 6 nitrogen and oxygen atoms in total. The van der Waals surface area contributed by atoms with Crippen LogP contribution in [0.2, 0.25) is 0 Å². The standard InChI is InChI=1S/C20H22F2N2O4/c1-4-27-17-11-15(9-10-16(17)28-20(21)22)19(26)24(3)12-13-5-7-14(8-6-13)18(25)23-2/h5-11,20H,4,12H2,1-3H3,(H,23,25). The van der Waals surface area contributed by atoms with E-state index in [1.54, 1.807) is 45.3 Å². The summed E-state index contributed by atoms with van der Waals surface area (Å²) in [4.78, 5) is 25.7. The molecule has 0 aliphatic heterocycles. The third-order valence-corrected chi connectivity index (χ3v) is 3.92. The molecule has 150 valence electrons. The number of carbonyl (C=O) groups is 2. The first-order valence-electron chi connectivity index (χ1n) is 8.63. The number of benzene rings is 2. The van der Waals surface area contributed by atoms with Crippen LogP contribution < -0.4 is 14.8 Å². The molecule has 2 aromatic carbocycles. The summed E-state index contributed by atoms with van der Waals surface area (Å²) in [5, 5.41) is 2.54. The Bertz CT molecular complexity index is 825. The van der Waals surface area contributed by atoms with Crippen LogP contribution in [0.1, 0.15) is 33.2 Å². The van der Waals surface area contributed by atoms with Crippen molar-refractivity contribution in [1.29, 1.82) is 0 Å². The zero-order chi connectivity index (χ0) is 20.7. The predicted molar refractivity (Wildman–Crippen MR) is 99.9 cm³/mol. The Balaban J connectivity index is 2.13. The van der Waals surface area contributed by atoms with Gasteiger partial charge >= 0.3 is 6.61 Å². The molecule has 28 heavy (non-hydrogen) atoms. The van der Waals surface area contributed by atoms with E-state index in [1.165, 1.54) is 23.1 Å². The molecule has 2 amide bonds. The third kappa shape index (κ3) is 5.42. The summed E-state index contributed by atoms with van der Waals surface area (Å²) in [5.41, 5.74) is 1.65. The largest absolute Gasteiger partial charge is 0.490 e. The fourth-order valence-corrected chi connectivity index (χ4v) is 2.57. The average molecular weight is 392 g/mol. The van der Waals surface area contributed by atoms with Gasteiger partial charge < -0.3 is 19.7 Å². The zero-order valence-electron chi connectivity index (χ0n) is 15.9. The minimum atomic E-state index is -2.99. The van der Waals surface area contributed by atoms with E-state index in [0.717, 1.165) is 5.56 Å². The Kier molecular flexibility index (Phi) is 7.31. The van der Waals surface area contributed by atoms with Crippen molar-refractivity contribution in [2.45, 2.75) is 20.1 Å². The van der Waals surface area contributed by atoms with Crippen LogP contribution in [0.3, 0.4) is 0 Å². The molecule has 0 spiro atoms. The van der Waals surface area contributed by atoms with Gasteiger partial charge in [-0.3, -0.25) is 9.59 Å². The number of alkyl halides is 2. The first kappa shape index (κ1) is 21.1. The lowest BCUT2D eigenvalue weighted by Gasteiger charge is -2.19. The van der Waals surface area contributed by atoms with Crippen molar-refractivity contribution in [3.63, 3.8) is 0 Å². The second kappa shape index (κ2) is 9.68. The second-order valence-electron chi connectivity index (χ2n) is 5.91. The normalized spacial score (nSPS) is 10.5. The molecule has 2 aromatic rings. The van der Waals surface area contributed by atoms with E-state index in [-0.39, 0.29) is 35.5 Å². The van der Waals surface area contributed by atoms with Crippen LogP contribution in [-0.4, -0.2) is 44.0 Å². The summed E-state index contributed by atoms with van der Waals surface area (Å²) in [7, 11) is 3.18. The zero-order valence-corrected chi connectivity index (χ0v) is 15.9. The number of carbonyl (C=O) groups excluding carboxylic acids is 2. The molecule has 0 atom stereocenters. The van der Waals surface area contributed by atoms with Gasteiger partial charge in [0, 0.05) is 31.8 Å². The van der Waals surface area contributed by atoms with Crippen molar-refractivity contribution < 1.29 is 27.8 Å². The molecular weight excluding hydrogens is 370 g/mol. The maximum atomic E-state index is 12.7. The molecule has 0 bridgehead atoms. The van der Waals surface area contributed by atoms with Crippen LogP contribution in [-0.2, 0) is 6.54 Å². The van der Waals surface area contributed by atoms with Gasteiger partial charge in [-0.05, 0) is 42.8 Å². The lowest BCUT2D eigenvalue weighted by Crippen LogP contribution is -2.26. The van der Waals surface area contributed by atoms with Gasteiger partial charge in [0.1, 0.15) is 0 Å². The summed E-state index contributed by atoms with van der Waals surface area (Å²) in [6.45, 7) is -0.729. The van der Waals surface area contributed by atoms with Gasteiger partial charge in [0.05, 0.1) is 6.61 Å². The number of hydrogen-bond acceptors (Lipinski definition) is 4. The predicted octanol–water partition coefficient (Wildman–Crippen LogP) is 3.32. The minimum Gasteiger partial charge on any atom is -0.490 e. The summed E-state index contributed by atoms with van der Waals surface area (Å²) in [5.74, 6) is -0.539. The van der Waals surface area contributed by atoms with Gasteiger partial charge in [-0.15, -0.1) is 0 Å². The van der Waals surface area contributed by atoms with E-state index >= 15 is 0 Å². The number of rotatable bonds is 8. The Hall–Kier alpha value is -3.16. The molecule has 2 rings (SSSR count). The Morgan fingerprint density at radius 1 is 1.07 bits per heavy atom. The fraction of sp³-hybridized carbons (Fsp3) is 0.300. The number of nitrogens with zero attached hydrogens (tertiary/aromatic N) is 1. The summed E-state index contributed by atoms with van der Waals surface area (Å²) in [6.07, 6.45) is 0. The quantitative estimate of drug-likeness (QED) is 0.748. The Labute approximate surface area is 162 Å². The smallest absolute Gasteiger partial charge is 0.387 e. The molecule has 0 saturated carbocycles. The van der Waals surface area contributed by atoms with Gasteiger partial charge in [0.2, 0.25) is 0 Å². The summed E-state index contributed by atoms with van der Waals surface area (Å²) >= 11 is 0. The van der Waals surface area contributed by atoms with Crippen LogP contribution in [0.15, 0.2) is 42.5 Å². The highest BCUT2D eigenvalue weighted by molar-refractivity contribution is 5.95. The number of amides is 2. The third-order valence-electron chi connectivity index (χ3n) is 3.92. The number of hydrogen-bond donors (Lipinski definition) is 1. The number of halogens is 2.